The minimum absolute atomic E-state index is 0.421. The van der Waals surface area contributed by atoms with E-state index in [1.54, 1.807) is 4.90 Å². The van der Waals surface area contributed by atoms with Gasteiger partial charge in [0.2, 0.25) is 0 Å². The van der Waals surface area contributed by atoms with Gasteiger partial charge in [-0.3, -0.25) is 0 Å². The van der Waals surface area contributed by atoms with Gasteiger partial charge in [0.1, 0.15) is 6.54 Å². The average molecular weight is 311 g/mol. The molecule has 3 atom stereocenters. The molecule has 0 aromatic heterocycles. The maximum atomic E-state index is 6.45. The van der Waals surface area contributed by atoms with Gasteiger partial charge >= 0.3 is 0 Å². The summed E-state index contributed by atoms with van der Waals surface area (Å²) < 4.78 is 6.45. The van der Waals surface area contributed by atoms with E-state index >= 15 is 0 Å². The quantitative estimate of drug-likeness (QED) is 0.649. The van der Waals surface area contributed by atoms with Gasteiger partial charge in [-0.05, 0) is 48.9 Å². The minimum atomic E-state index is 0.421. The lowest BCUT2D eigenvalue weighted by Gasteiger charge is -2.39. The number of hydrogen-bond acceptors (Lipinski definition) is 1. The average Bonchev–Trinajstić information content (AvgIpc) is 2.82. The third-order valence-electron chi connectivity index (χ3n) is 7.26. The first-order valence-corrected chi connectivity index (χ1v) is 9.90. The summed E-state index contributed by atoms with van der Waals surface area (Å²) in [6.07, 6.45) is 9.96. The Bertz CT molecular complexity index is 333. The number of hydrogen-bond donors (Lipinski definition) is 1. The van der Waals surface area contributed by atoms with Crippen LogP contribution in [0.3, 0.4) is 0 Å². The van der Waals surface area contributed by atoms with Crippen molar-refractivity contribution in [3.05, 3.63) is 0 Å². The van der Waals surface area contributed by atoms with Crippen molar-refractivity contribution in [2.75, 3.05) is 26.2 Å². The molecule has 1 N–H and O–H groups in total. The molecule has 0 aliphatic heterocycles. The number of nitrogens with one attached hydrogen (secondary N) is 1. The number of ether oxygens (including phenoxy) is 1. The van der Waals surface area contributed by atoms with Crippen LogP contribution in [0.25, 0.3) is 0 Å². The molecule has 0 amide bonds. The summed E-state index contributed by atoms with van der Waals surface area (Å²) in [4.78, 5) is 1.76. The fraction of sp³-hybridized carbons (Fsp3) is 1.00. The van der Waals surface area contributed by atoms with Gasteiger partial charge in [-0.1, -0.05) is 47.5 Å². The lowest BCUT2D eigenvalue weighted by Crippen LogP contribution is -3.12. The smallest absolute Gasteiger partial charge is 0.101 e. The van der Waals surface area contributed by atoms with Crippen LogP contribution in [-0.2, 0) is 4.74 Å². The lowest BCUT2D eigenvalue weighted by atomic mass is 9.70. The van der Waals surface area contributed by atoms with Gasteiger partial charge in [-0.25, -0.2) is 0 Å². The number of quaternary nitrogens is 1. The maximum Gasteiger partial charge on any atom is 0.101 e. The summed E-state index contributed by atoms with van der Waals surface area (Å²) in [7, 11) is 0. The van der Waals surface area contributed by atoms with Gasteiger partial charge in [0, 0.05) is 0 Å². The largest absolute Gasteiger partial charge is 0.372 e. The third-order valence-corrected chi connectivity index (χ3v) is 7.26. The first-order valence-electron chi connectivity index (χ1n) is 9.90. The standard InChI is InChI=1S/C20H39NO/c1-6-8-12-21(13-9-7-2)14-15-22-18-16-17-10-11-20(18,5)19(17,3)4/h17-18H,6-16H2,1-5H3/p+1/t17-,18+,20-/m1/s1. The van der Waals surface area contributed by atoms with Crippen LogP contribution in [-0.4, -0.2) is 32.3 Å². The van der Waals surface area contributed by atoms with Crippen molar-refractivity contribution >= 4 is 0 Å². The van der Waals surface area contributed by atoms with Crippen molar-refractivity contribution in [2.24, 2.45) is 16.7 Å². The summed E-state index contributed by atoms with van der Waals surface area (Å²) in [5, 5.41) is 0. The molecule has 0 unspecified atom stereocenters. The molecular weight excluding hydrogens is 270 g/mol. The molecule has 2 fully saturated rings. The fourth-order valence-corrected chi connectivity index (χ4v) is 4.96. The highest BCUT2D eigenvalue weighted by molar-refractivity contribution is 5.11. The highest BCUT2D eigenvalue weighted by atomic mass is 16.5. The Morgan fingerprint density at radius 3 is 2.09 bits per heavy atom. The Balaban J connectivity index is 1.78. The van der Waals surface area contributed by atoms with Gasteiger partial charge in [-0.2, -0.15) is 0 Å². The van der Waals surface area contributed by atoms with Crippen molar-refractivity contribution in [3.8, 4) is 0 Å². The zero-order valence-electron chi connectivity index (χ0n) is 15.8. The molecule has 0 radical (unpaired) electrons. The summed E-state index contributed by atoms with van der Waals surface area (Å²) in [5.74, 6) is 0.895. The Morgan fingerprint density at radius 2 is 1.64 bits per heavy atom. The summed E-state index contributed by atoms with van der Waals surface area (Å²) in [5.41, 5.74) is 0.902. The third kappa shape index (κ3) is 3.53. The highest BCUT2D eigenvalue weighted by Crippen LogP contribution is 2.66. The monoisotopic (exact) mass is 310 g/mol. The minimum Gasteiger partial charge on any atom is -0.372 e. The molecule has 0 saturated heterocycles. The zero-order valence-corrected chi connectivity index (χ0v) is 15.8. The Hall–Kier alpha value is -0.0800. The van der Waals surface area contributed by atoms with Crippen LogP contribution < -0.4 is 4.90 Å². The molecule has 2 saturated carbocycles. The maximum absolute atomic E-state index is 6.45. The summed E-state index contributed by atoms with van der Waals surface area (Å²) in [6, 6.07) is 0. The van der Waals surface area contributed by atoms with Crippen LogP contribution in [0.4, 0.5) is 0 Å². The van der Waals surface area contributed by atoms with Gasteiger partial charge in [0.25, 0.3) is 0 Å². The topological polar surface area (TPSA) is 13.7 Å². The van der Waals surface area contributed by atoms with Crippen LogP contribution in [0.5, 0.6) is 0 Å². The van der Waals surface area contributed by atoms with Crippen LogP contribution in [0.2, 0.25) is 0 Å². The molecule has 2 rings (SSSR count). The first-order chi connectivity index (χ1) is 10.5. The Kier molecular flexibility index (Phi) is 6.36. The second-order valence-corrected chi connectivity index (χ2v) is 8.68. The van der Waals surface area contributed by atoms with Crippen LogP contribution in [0.1, 0.15) is 79.6 Å². The molecule has 2 bridgehead atoms. The first kappa shape index (κ1) is 18.3. The number of rotatable bonds is 10. The van der Waals surface area contributed by atoms with E-state index < -0.39 is 0 Å². The summed E-state index contributed by atoms with van der Waals surface area (Å²) in [6.45, 7) is 16.9. The Labute approximate surface area is 139 Å². The molecule has 0 spiro atoms. The lowest BCUT2D eigenvalue weighted by molar-refractivity contribution is -0.901. The van der Waals surface area contributed by atoms with E-state index in [4.69, 9.17) is 4.74 Å². The van der Waals surface area contributed by atoms with Crippen molar-refractivity contribution in [3.63, 3.8) is 0 Å². The van der Waals surface area contributed by atoms with E-state index in [1.165, 1.54) is 64.6 Å². The molecule has 0 aromatic rings. The molecule has 0 aromatic carbocycles. The van der Waals surface area contributed by atoms with E-state index in [-0.39, 0.29) is 0 Å². The van der Waals surface area contributed by atoms with E-state index in [1.807, 2.05) is 0 Å². The zero-order chi connectivity index (χ0) is 16.2. The van der Waals surface area contributed by atoms with Crippen molar-refractivity contribution < 1.29 is 9.64 Å². The molecule has 22 heavy (non-hydrogen) atoms. The molecule has 2 heteroatoms. The second kappa shape index (κ2) is 7.66. The normalized spacial score (nSPS) is 33.0. The predicted octanol–water partition coefficient (Wildman–Crippen LogP) is 3.70. The van der Waals surface area contributed by atoms with Crippen molar-refractivity contribution in [1.29, 1.82) is 0 Å². The van der Waals surface area contributed by atoms with Crippen LogP contribution >= 0.6 is 0 Å². The van der Waals surface area contributed by atoms with E-state index in [9.17, 15) is 0 Å². The Morgan fingerprint density at radius 1 is 1.00 bits per heavy atom. The molecule has 130 valence electrons. The number of unbranched alkanes of at least 4 members (excludes halogenated alkanes) is 2. The molecule has 2 nitrogen and oxygen atoms in total. The molecule has 0 heterocycles. The van der Waals surface area contributed by atoms with E-state index in [2.05, 4.69) is 34.6 Å². The summed E-state index contributed by atoms with van der Waals surface area (Å²) >= 11 is 0. The van der Waals surface area contributed by atoms with Gasteiger partial charge in [0.05, 0.1) is 25.8 Å². The van der Waals surface area contributed by atoms with Gasteiger partial charge in [0.15, 0.2) is 0 Å². The van der Waals surface area contributed by atoms with Crippen LogP contribution in [0.15, 0.2) is 0 Å². The van der Waals surface area contributed by atoms with Gasteiger partial charge in [-0.15, -0.1) is 0 Å². The fourth-order valence-electron chi connectivity index (χ4n) is 4.96. The van der Waals surface area contributed by atoms with Crippen LogP contribution in [0, 0.1) is 16.7 Å². The molecule has 2 aliphatic rings. The highest BCUT2D eigenvalue weighted by Gasteiger charge is 2.61. The van der Waals surface area contributed by atoms with Crippen molar-refractivity contribution in [2.45, 2.75) is 85.7 Å². The van der Waals surface area contributed by atoms with E-state index in [0.29, 0.717) is 16.9 Å². The van der Waals surface area contributed by atoms with Gasteiger partial charge < -0.3 is 9.64 Å². The molecule has 2 aliphatic carbocycles. The molecular formula is C20H40NO+. The predicted molar refractivity (Wildman–Crippen MR) is 94.3 cm³/mol. The van der Waals surface area contributed by atoms with E-state index in [0.717, 1.165) is 12.5 Å². The number of fused-ring (bicyclic) bond motifs is 2. The van der Waals surface area contributed by atoms with Crippen molar-refractivity contribution in [1.82, 2.24) is 0 Å². The second-order valence-electron chi connectivity index (χ2n) is 8.68. The SMILES string of the molecule is CCCC[NH+](CCCC)CCO[C@H]1C[C@H]2CC[C@@]1(C)C2(C)C.